The summed E-state index contributed by atoms with van der Waals surface area (Å²) in [4.78, 5) is 35.6. The molecule has 0 saturated heterocycles. The Hall–Kier alpha value is -4.98. The zero-order chi connectivity index (χ0) is 26.0. The van der Waals surface area contributed by atoms with Crippen molar-refractivity contribution in [3.05, 3.63) is 136 Å². The summed E-state index contributed by atoms with van der Waals surface area (Å²) in [5.74, 6) is -0.395. The second-order valence-corrected chi connectivity index (χ2v) is 8.13. The van der Waals surface area contributed by atoms with E-state index in [1.54, 1.807) is 24.3 Å². The number of nitrogens with zero attached hydrogens (tertiary/aromatic N) is 1. The van der Waals surface area contributed by atoms with E-state index in [2.05, 4.69) is 5.32 Å². The molecule has 4 rings (SSSR count). The van der Waals surface area contributed by atoms with Crippen LogP contribution in [0.15, 0.2) is 109 Å². The maximum Gasteiger partial charge on any atom is 0.325 e. The van der Waals surface area contributed by atoms with Gasteiger partial charge in [-0.2, -0.15) is 0 Å². The number of carbonyl (C=O) groups excluding carboxylic acids is 2. The molecule has 186 valence electrons. The third kappa shape index (κ3) is 7.02. The Morgan fingerprint density at radius 3 is 1.78 bits per heavy atom. The summed E-state index contributed by atoms with van der Waals surface area (Å²) >= 11 is 0. The van der Waals surface area contributed by atoms with Crippen LogP contribution in [0.5, 0.6) is 11.5 Å². The van der Waals surface area contributed by atoms with Crippen LogP contribution in [0.1, 0.15) is 22.6 Å². The third-order valence-electron chi connectivity index (χ3n) is 5.54. The molecule has 8 heteroatoms. The minimum atomic E-state index is -0.556. The number of rotatable bonds is 10. The summed E-state index contributed by atoms with van der Waals surface area (Å²) in [6, 6.07) is 31.4. The van der Waals surface area contributed by atoms with Crippen LogP contribution in [0.25, 0.3) is 0 Å². The molecule has 0 aromatic heterocycles. The molecule has 4 aromatic carbocycles. The molecule has 4 aromatic rings. The number of nitro groups is 1. The van der Waals surface area contributed by atoms with Crippen LogP contribution in [-0.4, -0.2) is 23.3 Å². The standard InChI is InChI=1S/C29H24N2O6/c32-27(19-30-29(33)28(22-7-3-1-4-8-22)23-9-5-2-6-10-23)36-20-21-11-15-25(16-12-21)37-26-17-13-24(14-18-26)31(34)35/h1-18,28H,19-20H2,(H,30,33). The van der Waals surface area contributed by atoms with Crippen molar-refractivity contribution in [2.75, 3.05) is 6.54 Å². The molecular formula is C29H24N2O6. The number of non-ortho nitro benzene ring substituents is 1. The SMILES string of the molecule is O=C(CNC(=O)C(c1ccccc1)c1ccccc1)OCc1ccc(Oc2ccc([N+](=O)[O-])cc2)cc1. The highest BCUT2D eigenvalue weighted by atomic mass is 16.6. The van der Waals surface area contributed by atoms with E-state index in [-0.39, 0.29) is 24.7 Å². The molecule has 0 aliphatic heterocycles. The Labute approximate surface area is 213 Å². The number of benzene rings is 4. The molecule has 0 spiro atoms. The van der Waals surface area contributed by atoms with Gasteiger partial charge in [-0.05, 0) is 41.0 Å². The summed E-state index contributed by atoms with van der Waals surface area (Å²) in [7, 11) is 0. The van der Waals surface area contributed by atoms with Crippen molar-refractivity contribution in [2.24, 2.45) is 0 Å². The zero-order valence-electron chi connectivity index (χ0n) is 19.8. The van der Waals surface area contributed by atoms with Crippen molar-refractivity contribution >= 4 is 17.6 Å². The van der Waals surface area contributed by atoms with E-state index in [1.807, 2.05) is 60.7 Å². The van der Waals surface area contributed by atoms with E-state index in [0.29, 0.717) is 11.5 Å². The lowest BCUT2D eigenvalue weighted by Crippen LogP contribution is -2.34. The van der Waals surface area contributed by atoms with Crippen LogP contribution in [0.3, 0.4) is 0 Å². The van der Waals surface area contributed by atoms with Gasteiger partial charge in [0.1, 0.15) is 24.7 Å². The van der Waals surface area contributed by atoms with Crippen molar-refractivity contribution in [3.63, 3.8) is 0 Å². The molecule has 1 amide bonds. The van der Waals surface area contributed by atoms with Gasteiger partial charge in [0, 0.05) is 12.1 Å². The van der Waals surface area contributed by atoms with Crippen molar-refractivity contribution < 1.29 is 24.0 Å². The highest BCUT2D eigenvalue weighted by molar-refractivity contribution is 5.89. The number of ether oxygens (including phenoxy) is 2. The Bertz CT molecular complexity index is 1300. The van der Waals surface area contributed by atoms with Crippen molar-refractivity contribution in [1.29, 1.82) is 0 Å². The van der Waals surface area contributed by atoms with Gasteiger partial charge in [-0.15, -0.1) is 0 Å². The maximum atomic E-state index is 13.0. The molecule has 0 atom stereocenters. The smallest absolute Gasteiger partial charge is 0.325 e. The number of nitrogens with one attached hydrogen (secondary N) is 1. The minimum absolute atomic E-state index is 0.0173. The number of hydrogen-bond acceptors (Lipinski definition) is 6. The van der Waals surface area contributed by atoms with E-state index in [4.69, 9.17) is 9.47 Å². The van der Waals surface area contributed by atoms with Gasteiger partial charge < -0.3 is 14.8 Å². The predicted octanol–water partition coefficient (Wildman–Crippen LogP) is 5.38. The van der Waals surface area contributed by atoms with E-state index in [1.165, 1.54) is 24.3 Å². The average Bonchev–Trinajstić information content (AvgIpc) is 2.93. The molecule has 0 bridgehead atoms. The fourth-order valence-electron chi connectivity index (χ4n) is 3.69. The molecule has 0 radical (unpaired) electrons. The van der Waals surface area contributed by atoms with Gasteiger partial charge >= 0.3 is 5.97 Å². The van der Waals surface area contributed by atoms with Gasteiger partial charge in [-0.3, -0.25) is 19.7 Å². The largest absolute Gasteiger partial charge is 0.460 e. The Morgan fingerprint density at radius 2 is 1.27 bits per heavy atom. The first-order valence-electron chi connectivity index (χ1n) is 11.5. The van der Waals surface area contributed by atoms with Gasteiger partial charge in [0.2, 0.25) is 5.91 Å². The summed E-state index contributed by atoms with van der Waals surface area (Å²) in [5, 5.41) is 13.4. The number of amides is 1. The van der Waals surface area contributed by atoms with Gasteiger partial charge in [0.25, 0.3) is 5.69 Å². The molecular weight excluding hydrogens is 472 g/mol. The van der Waals surface area contributed by atoms with Crippen LogP contribution in [0.2, 0.25) is 0 Å². The van der Waals surface area contributed by atoms with E-state index in [0.717, 1.165) is 16.7 Å². The second-order valence-electron chi connectivity index (χ2n) is 8.13. The zero-order valence-corrected chi connectivity index (χ0v) is 19.8. The van der Waals surface area contributed by atoms with Crippen molar-refractivity contribution in [1.82, 2.24) is 5.32 Å². The normalized spacial score (nSPS) is 10.5. The average molecular weight is 497 g/mol. The van der Waals surface area contributed by atoms with E-state index >= 15 is 0 Å². The van der Waals surface area contributed by atoms with Crippen molar-refractivity contribution in [2.45, 2.75) is 12.5 Å². The van der Waals surface area contributed by atoms with Crippen LogP contribution in [0.4, 0.5) is 5.69 Å². The monoisotopic (exact) mass is 496 g/mol. The fraction of sp³-hybridized carbons (Fsp3) is 0.103. The van der Waals surface area contributed by atoms with Gasteiger partial charge in [0.05, 0.1) is 10.8 Å². The van der Waals surface area contributed by atoms with E-state index in [9.17, 15) is 19.7 Å². The Balaban J connectivity index is 1.28. The predicted molar refractivity (Wildman–Crippen MR) is 137 cm³/mol. The first kappa shape index (κ1) is 25.1. The molecule has 0 heterocycles. The summed E-state index contributed by atoms with van der Waals surface area (Å²) in [5.41, 5.74) is 2.38. The first-order chi connectivity index (χ1) is 18.0. The molecule has 0 saturated carbocycles. The first-order valence-corrected chi connectivity index (χ1v) is 11.5. The molecule has 37 heavy (non-hydrogen) atoms. The van der Waals surface area contributed by atoms with Crippen LogP contribution < -0.4 is 10.1 Å². The molecule has 0 unspecified atom stereocenters. The van der Waals surface area contributed by atoms with Crippen LogP contribution in [-0.2, 0) is 20.9 Å². The fourth-order valence-corrected chi connectivity index (χ4v) is 3.69. The Morgan fingerprint density at radius 1 is 0.757 bits per heavy atom. The lowest BCUT2D eigenvalue weighted by atomic mass is 9.90. The molecule has 1 N–H and O–H groups in total. The second kappa shape index (κ2) is 12.1. The number of hydrogen-bond donors (Lipinski definition) is 1. The lowest BCUT2D eigenvalue weighted by molar-refractivity contribution is -0.384. The third-order valence-corrected chi connectivity index (χ3v) is 5.54. The van der Waals surface area contributed by atoms with Gasteiger partial charge in [-0.25, -0.2) is 0 Å². The summed E-state index contributed by atoms with van der Waals surface area (Å²) in [6.45, 7) is -0.219. The number of carbonyl (C=O) groups is 2. The lowest BCUT2D eigenvalue weighted by Gasteiger charge is -2.17. The quantitative estimate of drug-likeness (QED) is 0.179. The molecule has 8 nitrogen and oxygen atoms in total. The van der Waals surface area contributed by atoms with Crippen LogP contribution >= 0.6 is 0 Å². The summed E-state index contributed by atoms with van der Waals surface area (Å²) in [6.07, 6.45) is 0. The van der Waals surface area contributed by atoms with E-state index < -0.39 is 16.8 Å². The maximum absolute atomic E-state index is 13.0. The highest BCUT2D eigenvalue weighted by Crippen LogP contribution is 2.25. The summed E-state index contributed by atoms with van der Waals surface area (Å²) < 4.78 is 11.0. The molecule has 0 fully saturated rings. The molecule has 0 aliphatic rings. The highest BCUT2D eigenvalue weighted by Gasteiger charge is 2.23. The van der Waals surface area contributed by atoms with Crippen LogP contribution in [0, 0.1) is 10.1 Å². The van der Waals surface area contributed by atoms with Gasteiger partial charge in [0.15, 0.2) is 0 Å². The topological polar surface area (TPSA) is 108 Å². The molecule has 0 aliphatic carbocycles. The van der Waals surface area contributed by atoms with Gasteiger partial charge in [-0.1, -0.05) is 72.8 Å². The minimum Gasteiger partial charge on any atom is -0.460 e. The number of nitro benzene ring substituents is 1. The number of esters is 1. The van der Waals surface area contributed by atoms with Crippen molar-refractivity contribution in [3.8, 4) is 11.5 Å². The Kier molecular flexibility index (Phi) is 8.23.